The van der Waals surface area contributed by atoms with Gasteiger partial charge < -0.3 is 15.6 Å². The molecule has 4 rings (SSSR count). The number of nitrogen functional groups attached to an aromatic ring is 1. The second-order valence-corrected chi connectivity index (χ2v) is 6.03. The number of nitrogens with zero attached hydrogens (tertiary/aromatic N) is 5. The lowest BCUT2D eigenvalue weighted by Crippen LogP contribution is -2.12. The van der Waals surface area contributed by atoms with Crippen molar-refractivity contribution in [1.82, 2.24) is 19.9 Å². The van der Waals surface area contributed by atoms with Crippen LogP contribution in [0.15, 0.2) is 53.2 Å². The Morgan fingerprint density at radius 2 is 1.96 bits per heavy atom. The molecule has 0 fully saturated rings. The Hall–Kier alpha value is -4.19. The quantitative estimate of drug-likeness (QED) is 0.299. The van der Waals surface area contributed by atoms with E-state index in [1.165, 1.54) is 0 Å². The highest BCUT2D eigenvalue weighted by Gasteiger charge is 2.22. The maximum Gasteiger partial charge on any atom is 0.203 e. The fourth-order valence-electron chi connectivity index (χ4n) is 2.89. The Bertz CT molecular complexity index is 1190. The first-order valence-corrected chi connectivity index (χ1v) is 8.45. The fourth-order valence-corrected chi connectivity index (χ4v) is 2.89. The van der Waals surface area contributed by atoms with Gasteiger partial charge in [-0.25, -0.2) is 9.61 Å². The zero-order chi connectivity index (χ0) is 19.5. The smallest absolute Gasteiger partial charge is 0.203 e. The highest BCUT2D eigenvalue weighted by Crippen LogP contribution is 2.28. The average Bonchev–Trinajstić information content (AvgIpc) is 3.31. The molecule has 0 amide bonds. The average molecular weight is 373 g/mol. The van der Waals surface area contributed by atoms with Crippen LogP contribution in [0.25, 0.3) is 22.6 Å². The van der Waals surface area contributed by atoms with Gasteiger partial charge in [-0.1, -0.05) is 12.1 Å². The van der Waals surface area contributed by atoms with Gasteiger partial charge in [0, 0.05) is 11.3 Å². The van der Waals surface area contributed by atoms with Crippen LogP contribution >= 0.6 is 0 Å². The SMILES string of the molecule is N#CCNc1nonc1-c1nc2ccccc2n1CC(=O)c1ccc(N)cc1. The molecule has 0 aliphatic carbocycles. The van der Waals surface area contributed by atoms with E-state index in [0.29, 0.717) is 28.3 Å². The van der Waals surface area contributed by atoms with E-state index in [-0.39, 0.29) is 24.7 Å². The zero-order valence-electron chi connectivity index (χ0n) is 14.7. The van der Waals surface area contributed by atoms with E-state index < -0.39 is 0 Å². The molecule has 0 aliphatic rings. The van der Waals surface area contributed by atoms with Crippen molar-refractivity contribution >= 4 is 28.3 Å². The molecule has 0 radical (unpaired) electrons. The Labute approximate surface area is 159 Å². The standard InChI is InChI=1S/C19H15N7O2/c20-9-10-22-18-17(24-28-25-18)19-23-14-3-1-2-4-15(14)26(19)11-16(27)12-5-7-13(21)8-6-12/h1-8H,10-11,21H2,(H,22,25). The number of carbonyl (C=O) groups is 1. The predicted molar refractivity (Wildman–Crippen MR) is 102 cm³/mol. The minimum Gasteiger partial charge on any atom is -0.399 e. The molecule has 28 heavy (non-hydrogen) atoms. The van der Waals surface area contributed by atoms with E-state index in [2.05, 4.69) is 20.6 Å². The number of benzene rings is 2. The van der Waals surface area contributed by atoms with Gasteiger partial charge in [0.05, 0.1) is 23.6 Å². The summed E-state index contributed by atoms with van der Waals surface area (Å²) in [5.41, 5.74) is 8.64. The lowest BCUT2D eigenvalue weighted by molar-refractivity contribution is 0.0974. The molecule has 0 aliphatic heterocycles. The Kier molecular flexibility index (Phi) is 4.43. The van der Waals surface area contributed by atoms with E-state index in [4.69, 9.17) is 15.6 Å². The van der Waals surface area contributed by atoms with Crippen molar-refractivity contribution in [2.45, 2.75) is 6.54 Å². The maximum atomic E-state index is 12.8. The molecule has 2 aromatic carbocycles. The van der Waals surface area contributed by atoms with E-state index >= 15 is 0 Å². The molecule has 9 heteroatoms. The first-order chi connectivity index (χ1) is 13.7. The van der Waals surface area contributed by atoms with Gasteiger partial charge in [0.15, 0.2) is 17.3 Å². The zero-order valence-corrected chi connectivity index (χ0v) is 14.7. The minimum atomic E-state index is -0.104. The number of anilines is 2. The monoisotopic (exact) mass is 373 g/mol. The van der Waals surface area contributed by atoms with Crippen LogP contribution in [0.5, 0.6) is 0 Å². The summed E-state index contributed by atoms with van der Waals surface area (Å²) < 4.78 is 6.58. The number of Topliss-reactive ketones (excluding diaryl/α,β-unsaturated/α-hetero) is 1. The summed E-state index contributed by atoms with van der Waals surface area (Å²) in [7, 11) is 0. The number of hydrogen-bond donors (Lipinski definition) is 2. The summed E-state index contributed by atoms with van der Waals surface area (Å²) in [6, 6.07) is 16.2. The molecule has 0 unspecified atom stereocenters. The summed E-state index contributed by atoms with van der Waals surface area (Å²) in [6.07, 6.45) is 0. The van der Waals surface area contributed by atoms with Crippen LogP contribution in [0.3, 0.4) is 0 Å². The lowest BCUT2D eigenvalue weighted by Gasteiger charge is -2.08. The van der Waals surface area contributed by atoms with Crippen molar-refractivity contribution in [3.05, 3.63) is 54.1 Å². The van der Waals surface area contributed by atoms with Crippen molar-refractivity contribution in [2.75, 3.05) is 17.6 Å². The topological polar surface area (TPSA) is 136 Å². The third-order valence-electron chi connectivity index (χ3n) is 4.22. The number of carbonyl (C=O) groups excluding carboxylic acids is 1. The molecule has 4 aromatic rings. The Morgan fingerprint density at radius 3 is 2.75 bits per heavy atom. The van der Waals surface area contributed by atoms with E-state index in [1.807, 2.05) is 30.3 Å². The number of ketones is 1. The summed E-state index contributed by atoms with van der Waals surface area (Å²) >= 11 is 0. The molecular formula is C19H15N7O2. The van der Waals surface area contributed by atoms with Crippen LogP contribution in [0, 0.1) is 11.3 Å². The third-order valence-corrected chi connectivity index (χ3v) is 4.22. The first kappa shape index (κ1) is 17.2. The van der Waals surface area contributed by atoms with Crippen LogP contribution in [-0.4, -0.2) is 32.2 Å². The number of fused-ring (bicyclic) bond motifs is 1. The van der Waals surface area contributed by atoms with Gasteiger partial charge in [-0.15, -0.1) is 0 Å². The van der Waals surface area contributed by atoms with E-state index in [0.717, 1.165) is 5.52 Å². The highest BCUT2D eigenvalue weighted by molar-refractivity contribution is 5.97. The second kappa shape index (κ2) is 7.20. The summed E-state index contributed by atoms with van der Waals surface area (Å²) in [4.78, 5) is 17.4. The maximum absolute atomic E-state index is 12.8. The molecule has 0 saturated carbocycles. The minimum absolute atomic E-state index is 0.0335. The molecule has 3 N–H and O–H groups in total. The molecule has 0 atom stereocenters. The molecule has 2 heterocycles. The fraction of sp³-hybridized carbons (Fsp3) is 0.105. The van der Waals surface area contributed by atoms with Crippen molar-refractivity contribution in [2.24, 2.45) is 0 Å². The number of nitriles is 1. The molecular weight excluding hydrogens is 358 g/mol. The summed E-state index contributed by atoms with van der Waals surface area (Å²) in [5.74, 6) is 0.608. The molecule has 138 valence electrons. The van der Waals surface area contributed by atoms with Crippen LogP contribution in [0.2, 0.25) is 0 Å². The van der Waals surface area contributed by atoms with Crippen molar-refractivity contribution in [3.63, 3.8) is 0 Å². The van der Waals surface area contributed by atoms with Crippen LogP contribution in [-0.2, 0) is 6.54 Å². The Morgan fingerprint density at radius 1 is 1.18 bits per heavy atom. The number of para-hydroxylation sites is 2. The van der Waals surface area contributed by atoms with Gasteiger partial charge in [0.1, 0.15) is 6.54 Å². The highest BCUT2D eigenvalue weighted by atomic mass is 16.6. The lowest BCUT2D eigenvalue weighted by atomic mass is 10.1. The van der Waals surface area contributed by atoms with Crippen LogP contribution in [0.1, 0.15) is 10.4 Å². The van der Waals surface area contributed by atoms with Crippen molar-refractivity contribution in [3.8, 4) is 17.6 Å². The first-order valence-electron chi connectivity index (χ1n) is 8.45. The van der Waals surface area contributed by atoms with E-state index in [9.17, 15) is 4.79 Å². The van der Waals surface area contributed by atoms with Crippen molar-refractivity contribution in [1.29, 1.82) is 5.26 Å². The number of nitrogens with one attached hydrogen (secondary N) is 1. The van der Waals surface area contributed by atoms with Gasteiger partial charge in [-0.2, -0.15) is 5.26 Å². The number of rotatable bonds is 6. The largest absolute Gasteiger partial charge is 0.399 e. The second-order valence-electron chi connectivity index (χ2n) is 6.03. The molecule has 2 aromatic heterocycles. The number of aromatic nitrogens is 4. The molecule has 0 spiro atoms. The predicted octanol–water partition coefficient (Wildman–Crippen LogP) is 2.49. The van der Waals surface area contributed by atoms with E-state index in [1.54, 1.807) is 28.8 Å². The van der Waals surface area contributed by atoms with Crippen LogP contribution in [0.4, 0.5) is 11.5 Å². The third kappa shape index (κ3) is 3.14. The van der Waals surface area contributed by atoms with Gasteiger partial charge in [0.2, 0.25) is 5.82 Å². The summed E-state index contributed by atoms with van der Waals surface area (Å²) in [5, 5.41) is 19.3. The number of hydrogen-bond acceptors (Lipinski definition) is 8. The van der Waals surface area contributed by atoms with Crippen LogP contribution < -0.4 is 11.1 Å². The molecule has 0 bridgehead atoms. The van der Waals surface area contributed by atoms with Gasteiger partial charge >= 0.3 is 0 Å². The Balaban J connectivity index is 1.78. The normalized spacial score (nSPS) is 10.7. The molecule has 0 saturated heterocycles. The van der Waals surface area contributed by atoms with Gasteiger partial charge in [0.25, 0.3) is 0 Å². The number of nitrogens with two attached hydrogens (primary N) is 1. The number of imidazole rings is 1. The summed E-state index contributed by atoms with van der Waals surface area (Å²) in [6.45, 7) is 0.0795. The molecule has 9 nitrogen and oxygen atoms in total. The van der Waals surface area contributed by atoms with Gasteiger partial charge in [-0.3, -0.25) is 4.79 Å². The van der Waals surface area contributed by atoms with Gasteiger partial charge in [-0.05, 0) is 46.7 Å². The van der Waals surface area contributed by atoms with Crippen molar-refractivity contribution < 1.29 is 9.42 Å².